The number of aliphatic hydroxyl groups excluding tert-OH is 1. The van der Waals surface area contributed by atoms with Crippen LogP contribution in [0.2, 0.25) is 0 Å². The maximum absolute atomic E-state index is 11.5. The van der Waals surface area contributed by atoms with E-state index in [0.717, 1.165) is 27.7 Å². The largest absolute Gasteiger partial charge is 0.455 e. The summed E-state index contributed by atoms with van der Waals surface area (Å²) < 4.78 is 10.7. The Morgan fingerprint density at radius 2 is 1.97 bits per heavy atom. The van der Waals surface area contributed by atoms with Crippen molar-refractivity contribution < 1.29 is 19.4 Å². The van der Waals surface area contributed by atoms with E-state index in [1.54, 1.807) is 18.3 Å². The third kappa shape index (κ3) is 6.41. The standard InChI is InChI=1S/C27H27N5O4/c1-18-12-20(7-10-25(18)36-22-8-6-21(15-33)29-14-22)32-27-23-13-19(5-9-24(23)30-17-31-27)4-3-11-28-26(34)16-35-2/h3-10,12-14,17,33H,11,15-16H2,1-2H3,(H,28,34)(H,30,31,32). The van der Waals surface area contributed by atoms with Crippen LogP contribution in [0.5, 0.6) is 11.5 Å². The second-order valence-corrected chi connectivity index (χ2v) is 7.99. The molecule has 0 fully saturated rings. The van der Waals surface area contributed by atoms with Gasteiger partial charge in [0.2, 0.25) is 5.91 Å². The normalized spacial score (nSPS) is 11.1. The number of amides is 1. The van der Waals surface area contributed by atoms with Gasteiger partial charge in [0.1, 0.15) is 30.3 Å². The van der Waals surface area contributed by atoms with E-state index in [1.807, 2.05) is 55.5 Å². The molecule has 4 aromatic rings. The first-order valence-corrected chi connectivity index (χ1v) is 11.3. The van der Waals surface area contributed by atoms with E-state index in [9.17, 15) is 4.79 Å². The van der Waals surface area contributed by atoms with Crippen LogP contribution in [-0.4, -0.2) is 46.2 Å². The van der Waals surface area contributed by atoms with Crippen LogP contribution in [-0.2, 0) is 16.1 Å². The molecule has 0 aliphatic heterocycles. The van der Waals surface area contributed by atoms with E-state index in [0.29, 0.717) is 29.6 Å². The molecule has 0 aliphatic rings. The molecule has 0 radical (unpaired) electrons. The predicted octanol–water partition coefficient (Wildman–Crippen LogP) is 4.14. The lowest BCUT2D eigenvalue weighted by Gasteiger charge is -2.13. The number of aromatic nitrogens is 3. The van der Waals surface area contributed by atoms with Gasteiger partial charge in [0.25, 0.3) is 0 Å². The number of anilines is 2. The first-order valence-electron chi connectivity index (χ1n) is 11.3. The van der Waals surface area contributed by atoms with Crippen LogP contribution in [0, 0.1) is 6.92 Å². The van der Waals surface area contributed by atoms with Crippen molar-refractivity contribution in [2.75, 3.05) is 25.6 Å². The number of aryl methyl sites for hydroxylation is 1. The van der Waals surface area contributed by atoms with E-state index in [2.05, 4.69) is 25.6 Å². The molecule has 2 aromatic carbocycles. The molecule has 0 saturated carbocycles. The van der Waals surface area contributed by atoms with Gasteiger partial charge in [0.15, 0.2) is 0 Å². The van der Waals surface area contributed by atoms with Crippen LogP contribution < -0.4 is 15.4 Å². The van der Waals surface area contributed by atoms with Crippen molar-refractivity contribution in [3.05, 3.63) is 84.0 Å². The first kappa shape index (κ1) is 24.8. The van der Waals surface area contributed by atoms with Crippen LogP contribution in [0.3, 0.4) is 0 Å². The van der Waals surface area contributed by atoms with Gasteiger partial charge in [-0.15, -0.1) is 0 Å². The van der Waals surface area contributed by atoms with Gasteiger partial charge in [0, 0.05) is 24.7 Å². The fourth-order valence-electron chi connectivity index (χ4n) is 3.50. The molecule has 0 saturated heterocycles. The molecule has 0 spiro atoms. The molecule has 0 bridgehead atoms. The Bertz CT molecular complexity index is 1370. The number of carbonyl (C=O) groups excluding carboxylic acids is 1. The number of rotatable bonds is 10. The summed E-state index contributed by atoms with van der Waals surface area (Å²) in [5.41, 5.74) is 4.15. The number of methoxy groups -OCH3 is 1. The number of pyridine rings is 1. The highest BCUT2D eigenvalue weighted by Crippen LogP contribution is 2.30. The molecular weight excluding hydrogens is 458 g/mol. The molecular formula is C27H27N5O4. The Morgan fingerprint density at radius 1 is 1.08 bits per heavy atom. The molecule has 2 aromatic heterocycles. The van der Waals surface area contributed by atoms with Crippen molar-refractivity contribution in [2.24, 2.45) is 0 Å². The molecule has 0 atom stereocenters. The lowest BCUT2D eigenvalue weighted by atomic mass is 10.1. The van der Waals surface area contributed by atoms with E-state index in [-0.39, 0.29) is 19.1 Å². The number of hydrogen-bond acceptors (Lipinski definition) is 8. The minimum absolute atomic E-state index is 0.0394. The predicted molar refractivity (Wildman–Crippen MR) is 138 cm³/mol. The number of aliphatic hydroxyl groups is 1. The van der Waals surface area contributed by atoms with Gasteiger partial charge >= 0.3 is 0 Å². The lowest BCUT2D eigenvalue weighted by molar-refractivity contribution is -0.124. The van der Waals surface area contributed by atoms with E-state index < -0.39 is 0 Å². The van der Waals surface area contributed by atoms with Gasteiger partial charge in [-0.3, -0.25) is 9.78 Å². The highest BCUT2D eigenvalue weighted by Gasteiger charge is 2.08. The van der Waals surface area contributed by atoms with Gasteiger partial charge in [-0.25, -0.2) is 9.97 Å². The zero-order valence-electron chi connectivity index (χ0n) is 20.1. The summed E-state index contributed by atoms with van der Waals surface area (Å²) in [7, 11) is 1.48. The summed E-state index contributed by atoms with van der Waals surface area (Å²) in [4.78, 5) is 24.4. The van der Waals surface area contributed by atoms with Gasteiger partial charge < -0.3 is 25.2 Å². The number of benzene rings is 2. The van der Waals surface area contributed by atoms with Crippen molar-refractivity contribution in [3.63, 3.8) is 0 Å². The summed E-state index contributed by atoms with van der Waals surface area (Å²) in [5.74, 6) is 1.82. The zero-order chi connectivity index (χ0) is 25.3. The van der Waals surface area contributed by atoms with Crippen LogP contribution in [0.25, 0.3) is 17.0 Å². The summed E-state index contributed by atoms with van der Waals surface area (Å²) in [6, 6.07) is 15.2. The van der Waals surface area contributed by atoms with Gasteiger partial charge in [-0.1, -0.05) is 18.2 Å². The minimum atomic E-state index is -0.163. The van der Waals surface area contributed by atoms with Crippen molar-refractivity contribution in [3.8, 4) is 11.5 Å². The molecule has 0 unspecified atom stereocenters. The lowest BCUT2D eigenvalue weighted by Crippen LogP contribution is -2.26. The summed E-state index contributed by atoms with van der Waals surface area (Å²) >= 11 is 0. The van der Waals surface area contributed by atoms with Crippen molar-refractivity contribution in [2.45, 2.75) is 13.5 Å². The number of ether oxygens (including phenoxy) is 2. The number of fused-ring (bicyclic) bond motifs is 1. The Balaban J connectivity index is 1.48. The summed E-state index contributed by atoms with van der Waals surface area (Å²) in [5, 5.41) is 16.1. The van der Waals surface area contributed by atoms with Crippen LogP contribution in [0.1, 0.15) is 16.8 Å². The Hall–Kier alpha value is -4.34. The Labute approximate surface area is 208 Å². The van der Waals surface area contributed by atoms with E-state index >= 15 is 0 Å². The molecule has 3 N–H and O–H groups in total. The van der Waals surface area contributed by atoms with Gasteiger partial charge in [0.05, 0.1) is 24.0 Å². The van der Waals surface area contributed by atoms with Crippen molar-refractivity contribution >= 4 is 34.4 Å². The number of carbonyl (C=O) groups is 1. The first-order chi connectivity index (χ1) is 17.6. The molecule has 2 heterocycles. The molecule has 4 rings (SSSR count). The average Bonchev–Trinajstić information content (AvgIpc) is 2.89. The summed E-state index contributed by atoms with van der Waals surface area (Å²) in [6.07, 6.45) is 6.92. The maximum atomic E-state index is 11.5. The highest BCUT2D eigenvalue weighted by atomic mass is 16.5. The molecule has 1 amide bonds. The van der Waals surface area contributed by atoms with Gasteiger partial charge in [-0.2, -0.15) is 0 Å². The van der Waals surface area contributed by atoms with E-state index in [1.165, 1.54) is 13.4 Å². The molecule has 184 valence electrons. The average molecular weight is 486 g/mol. The highest BCUT2D eigenvalue weighted by molar-refractivity contribution is 5.92. The Morgan fingerprint density at radius 3 is 2.72 bits per heavy atom. The molecule has 0 aliphatic carbocycles. The fraction of sp³-hybridized carbons (Fsp3) is 0.185. The maximum Gasteiger partial charge on any atom is 0.246 e. The third-order valence-corrected chi connectivity index (χ3v) is 5.29. The number of hydrogen-bond donors (Lipinski definition) is 3. The number of nitrogens with zero attached hydrogens (tertiary/aromatic N) is 3. The van der Waals surface area contributed by atoms with Crippen LogP contribution in [0.15, 0.2) is 67.1 Å². The zero-order valence-corrected chi connectivity index (χ0v) is 20.1. The van der Waals surface area contributed by atoms with Gasteiger partial charge in [-0.05, 0) is 60.5 Å². The third-order valence-electron chi connectivity index (χ3n) is 5.29. The second kappa shape index (κ2) is 11.9. The quantitative estimate of drug-likeness (QED) is 0.307. The fourth-order valence-corrected chi connectivity index (χ4v) is 3.50. The topological polar surface area (TPSA) is 118 Å². The number of nitrogens with one attached hydrogen (secondary N) is 2. The van der Waals surface area contributed by atoms with E-state index in [4.69, 9.17) is 14.6 Å². The molecule has 9 heteroatoms. The van der Waals surface area contributed by atoms with Crippen molar-refractivity contribution in [1.29, 1.82) is 0 Å². The molecule has 36 heavy (non-hydrogen) atoms. The monoisotopic (exact) mass is 485 g/mol. The SMILES string of the molecule is COCC(=O)NCC=Cc1ccc2ncnc(Nc3ccc(Oc4ccc(CO)nc4)c(C)c3)c2c1. The second-order valence-electron chi connectivity index (χ2n) is 7.99. The Kier molecular flexibility index (Phi) is 8.17. The smallest absolute Gasteiger partial charge is 0.246 e. The van der Waals surface area contributed by atoms with Crippen LogP contribution in [0.4, 0.5) is 11.5 Å². The van der Waals surface area contributed by atoms with Crippen LogP contribution >= 0.6 is 0 Å². The minimum Gasteiger partial charge on any atom is -0.455 e. The van der Waals surface area contributed by atoms with Crippen molar-refractivity contribution in [1.82, 2.24) is 20.3 Å². The summed E-state index contributed by atoms with van der Waals surface area (Å²) in [6.45, 7) is 2.30. The molecule has 9 nitrogen and oxygen atoms in total.